The molecule has 0 spiro atoms. The third-order valence-corrected chi connectivity index (χ3v) is 4.83. The predicted molar refractivity (Wildman–Crippen MR) is 99.0 cm³/mol. The summed E-state index contributed by atoms with van der Waals surface area (Å²) in [5, 5.41) is 0. The fourth-order valence-electron chi connectivity index (χ4n) is 3.07. The van der Waals surface area contributed by atoms with Crippen LogP contribution in [0.25, 0.3) is 0 Å². The van der Waals surface area contributed by atoms with Crippen molar-refractivity contribution in [2.45, 2.75) is 39.9 Å². The average Bonchev–Trinajstić information content (AvgIpc) is 2.57. The topological polar surface area (TPSA) is 29.3 Å². The van der Waals surface area contributed by atoms with Crippen LogP contribution in [-0.2, 0) is 13.1 Å². The summed E-state index contributed by atoms with van der Waals surface area (Å²) >= 11 is 0. The summed E-state index contributed by atoms with van der Waals surface area (Å²) in [6.45, 7) is 9.47. The Bertz CT molecular complexity index is 509. The molecular weight excluding hydrogens is 280 g/mol. The van der Waals surface area contributed by atoms with E-state index >= 15 is 0 Å². The molecule has 23 heavy (non-hydrogen) atoms. The largest absolute Gasteiger partial charge is 0.329 e. The molecule has 0 fully saturated rings. The van der Waals surface area contributed by atoms with E-state index in [9.17, 15) is 0 Å². The molecule has 0 heterocycles. The van der Waals surface area contributed by atoms with Gasteiger partial charge in [-0.1, -0.05) is 81.4 Å². The molecule has 2 aromatic carbocycles. The van der Waals surface area contributed by atoms with Crippen LogP contribution in [0.3, 0.4) is 0 Å². The smallest absolute Gasteiger partial charge is 0.0253 e. The second kappa shape index (κ2) is 8.85. The number of rotatable bonds is 8. The summed E-state index contributed by atoms with van der Waals surface area (Å²) in [5.41, 5.74) is 8.87. The van der Waals surface area contributed by atoms with Crippen molar-refractivity contribution >= 4 is 0 Å². The first kappa shape index (κ1) is 17.7. The van der Waals surface area contributed by atoms with Gasteiger partial charge in [0.2, 0.25) is 0 Å². The lowest BCUT2D eigenvalue weighted by Crippen LogP contribution is -2.45. The van der Waals surface area contributed by atoms with E-state index in [0.717, 1.165) is 13.1 Å². The minimum atomic E-state index is 0.385. The van der Waals surface area contributed by atoms with E-state index in [0.29, 0.717) is 24.4 Å². The van der Waals surface area contributed by atoms with Crippen molar-refractivity contribution in [1.29, 1.82) is 0 Å². The number of hydrogen-bond donors (Lipinski definition) is 1. The Hall–Kier alpha value is -1.64. The van der Waals surface area contributed by atoms with Gasteiger partial charge >= 0.3 is 0 Å². The van der Waals surface area contributed by atoms with Crippen LogP contribution >= 0.6 is 0 Å². The SMILES string of the molecule is CC(C)C(C)C(CN)N(Cc1ccccc1)Cc1ccccc1. The second-order valence-corrected chi connectivity index (χ2v) is 6.78. The first-order valence-corrected chi connectivity index (χ1v) is 8.63. The Morgan fingerprint density at radius 1 is 0.783 bits per heavy atom. The maximum Gasteiger partial charge on any atom is 0.0253 e. The zero-order valence-electron chi connectivity index (χ0n) is 14.7. The zero-order valence-corrected chi connectivity index (χ0v) is 14.7. The molecule has 0 aromatic heterocycles. The molecule has 0 aliphatic heterocycles. The normalized spacial score (nSPS) is 14.2. The van der Waals surface area contributed by atoms with Crippen LogP contribution in [0.1, 0.15) is 31.9 Å². The monoisotopic (exact) mass is 310 g/mol. The fraction of sp³-hybridized carbons (Fsp3) is 0.429. The van der Waals surface area contributed by atoms with E-state index in [1.165, 1.54) is 11.1 Å². The molecule has 2 nitrogen and oxygen atoms in total. The van der Waals surface area contributed by atoms with Crippen LogP contribution in [0.4, 0.5) is 0 Å². The molecule has 2 rings (SSSR count). The van der Waals surface area contributed by atoms with E-state index in [-0.39, 0.29) is 0 Å². The Labute approximate surface area is 141 Å². The first-order chi connectivity index (χ1) is 11.1. The molecule has 0 aliphatic rings. The van der Waals surface area contributed by atoms with E-state index in [1.807, 2.05) is 0 Å². The predicted octanol–water partition coefficient (Wildman–Crippen LogP) is 4.31. The Kier molecular flexibility index (Phi) is 6.82. The van der Waals surface area contributed by atoms with Crippen molar-refractivity contribution in [1.82, 2.24) is 4.90 Å². The minimum Gasteiger partial charge on any atom is -0.329 e. The molecule has 2 unspecified atom stereocenters. The number of hydrogen-bond acceptors (Lipinski definition) is 2. The van der Waals surface area contributed by atoms with Crippen LogP contribution in [0.5, 0.6) is 0 Å². The van der Waals surface area contributed by atoms with Gasteiger partial charge in [-0.05, 0) is 23.0 Å². The summed E-state index contributed by atoms with van der Waals surface area (Å²) in [7, 11) is 0. The highest BCUT2D eigenvalue weighted by molar-refractivity contribution is 5.17. The maximum atomic E-state index is 6.18. The van der Waals surface area contributed by atoms with Gasteiger partial charge < -0.3 is 5.73 Å². The highest BCUT2D eigenvalue weighted by atomic mass is 15.2. The van der Waals surface area contributed by atoms with Gasteiger partial charge in [0.25, 0.3) is 0 Å². The number of nitrogens with two attached hydrogens (primary N) is 1. The van der Waals surface area contributed by atoms with Crippen LogP contribution in [-0.4, -0.2) is 17.5 Å². The number of benzene rings is 2. The van der Waals surface area contributed by atoms with Gasteiger partial charge in [-0.3, -0.25) is 4.90 Å². The third kappa shape index (κ3) is 5.19. The van der Waals surface area contributed by atoms with E-state index < -0.39 is 0 Å². The van der Waals surface area contributed by atoms with Gasteiger partial charge in [-0.2, -0.15) is 0 Å². The summed E-state index contributed by atoms with van der Waals surface area (Å²) < 4.78 is 0. The average molecular weight is 310 g/mol. The minimum absolute atomic E-state index is 0.385. The molecule has 2 atom stereocenters. The quantitative estimate of drug-likeness (QED) is 0.787. The van der Waals surface area contributed by atoms with Crippen molar-refractivity contribution in [3.05, 3.63) is 71.8 Å². The molecule has 0 amide bonds. The van der Waals surface area contributed by atoms with Crippen LogP contribution < -0.4 is 5.73 Å². The highest BCUT2D eigenvalue weighted by Crippen LogP contribution is 2.23. The van der Waals surface area contributed by atoms with Gasteiger partial charge in [0.15, 0.2) is 0 Å². The fourth-order valence-corrected chi connectivity index (χ4v) is 3.07. The van der Waals surface area contributed by atoms with E-state index in [2.05, 4.69) is 86.3 Å². The third-order valence-electron chi connectivity index (χ3n) is 4.83. The summed E-state index contributed by atoms with van der Waals surface area (Å²) in [4.78, 5) is 2.54. The Balaban J connectivity index is 2.22. The molecule has 0 saturated heterocycles. The molecule has 2 N–H and O–H groups in total. The van der Waals surface area contributed by atoms with Gasteiger partial charge in [0.05, 0.1) is 0 Å². The van der Waals surface area contributed by atoms with Crippen molar-refractivity contribution in [2.24, 2.45) is 17.6 Å². The molecule has 0 bridgehead atoms. The van der Waals surface area contributed by atoms with E-state index in [4.69, 9.17) is 5.73 Å². The number of nitrogens with zero attached hydrogens (tertiary/aromatic N) is 1. The van der Waals surface area contributed by atoms with Crippen LogP contribution in [0, 0.1) is 11.8 Å². The van der Waals surface area contributed by atoms with Gasteiger partial charge in [-0.25, -0.2) is 0 Å². The molecule has 2 heteroatoms. The van der Waals surface area contributed by atoms with Crippen molar-refractivity contribution in [3.8, 4) is 0 Å². The van der Waals surface area contributed by atoms with Crippen molar-refractivity contribution < 1.29 is 0 Å². The highest BCUT2D eigenvalue weighted by Gasteiger charge is 2.25. The van der Waals surface area contributed by atoms with Gasteiger partial charge in [-0.15, -0.1) is 0 Å². The maximum absolute atomic E-state index is 6.18. The zero-order chi connectivity index (χ0) is 16.7. The molecule has 124 valence electrons. The van der Waals surface area contributed by atoms with Crippen molar-refractivity contribution in [3.63, 3.8) is 0 Å². The lowest BCUT2D eigenvalue weighted by molar-refractivity contribution is 0.114. The van der Waals surface area contributed by atoms with Crippen LogP contribution in [0.15, 0.2) is 60.7 Å². The standard InChI is InChI=1S/C21H30N2/c1-17(2)18(3)21(14-22)23(15-19-10-6-4-7-11-19)16-20-12-8-5-9-13-20/h4-13,17-18,21H,14-16,22H2,1-3H3. The first-order valence-electron chi connectivity index (χ1n) is 8.63. The summed E-state index contributed by atoms with van der Waals surface area (Å²) in [6, 6.07) is 21.8. The second-order valence-electron chi connectivity index (χ2n) is 6.78. The van der Waals surface area contributed by atoms with Gasteiger partial charge in [0.1, 0.15) is 0 Å². The molecule has 0 aliphatic carbocycles. The van der Waals surface area contributed by atoms with Crippen LogP contribution in [0.2, 0.25) is 0 Å². The summed E-state index contributed by atoms with van der Waals surface area (Å²) in [5.74, 6) is 1.19. The molecule has 2 aromatic rings. The lowest BCUT2D eigenvalue weighted by Gasteiger charge is -2.37. The molecule has 0 radical (unpaired) electrons. The Morgan fingerprint density at radius 2 is 1.22 bits per heavy atom. The summed E-state index contributed by atoms with van der Waals surface area (Å²) in [6.07, 6.45) is 0. The molecular formula is C21H30N2. The Morgan fingerprint density at radius 3 is 1.57 bits per heavy atom. The van der Waals surface area contributed by atoms with Crippen molar-refractivity contribution in [2.75, 3.05) is 6.54 Å². The van der Waals surface area contributed by atoms with Gasteiger partial charge in [0, 0.05) is 25.7 Å². The van der Waals surface area contributed by atoms with E-state index in [1.54, 1.807) is 0 Å². The molecule has 0 saturated carbocycles. The lowest BCUT2D eigenvalue weighted by atomic mass is 9.88.